The molecule has 19 heavy (non-hydrogen) atoms. The van der Waals surface area contributed by atoms with E-state index in [4.69, 9.17) is 0 Å². The number of rotatable bonds is 6. The summed E-state index contributed by atoms with van der Waals surface area (Å²) in [5.74, 6) is 1.98. The zero-order valence-corrected chi connectivity index (χ0v) is 12.1. The van der Waals surface area contributed by atoms with Crippen LogP contribution in [0.5, 0.6) is 0 Å². The highest BCUT2D eigenvalue weighted by Gasteiger charge is 2.28. The van der Waals surface area contributed by atoms with Crippen LogP contribution >= 0.6 is 11.8 Å². The molecule has 0 aromatic heterocycles. The second kappa shape index (κ2) is 7.58. The van der Waals surface area contributed by atoms with Crippen molar-refractivity contribution in [1.29, 1.82) is 0 Å². The summed E-state index contributed by atoms with van der Waals surface area (Å²) in [6, 6.07) is 0.231. The molecule has 0 bridgehead atoms. The third-order valence-corrected chi connectivity index (χ3v) is 4.70. The van der Waals surface area contributed by atoms with E-state index in [1.807, 2.05) is 30.0 Å². The van der Waals surface area contributed by atoms with E-state index in [0.717, 1.165) is 47.6 Å². The molecule has 0 spiro atoms. The molecule has 1 unspecified atom stereocenters. The monoisotopic (exact) mass is 282 g/mol. The van der Waals surface area contributed by atoms with Crippen molar-refractivity contribution in [2.45, 2.75) is 38.1 Å². The largest absolute Gasteiger partial charge is 0.234 e. The second-order valence-corrected chi connectivity index (χ2v) is 6.31. The Labute approximate surface area is 118 Å². The van der Waals surface area contributed by atoms with Crippen LogP contribution in [0, 0.1) is 9.81 Å². The average molecular weight is 282 g/mol. The first kappa shape index (κ1) is 14.4. The summed E-state index contributed by atoms with van der Waals surface area (Å²) in [6.07, 6.45) is 10.8. The Morgan fingerprint density at radius 1 is 1.26 bits per heavy atom. The van der Waals surface area contributed by atoms with Crippen molar-refractivity contribution in [2.24, 2.45) is 0 Å². The van der Waals surface area contributed by atoms with Crippen LogP contribution in [0.3, 0.4) is 0 Å². The summed E-state index contributed by atoms with van der Waals surface area (Å²) in [7, 11) is 0. The number of nitroso groups, excluding NO2 is 2. The van der Waals surface area contributed by atoms with E-state index in [1.54, 1.807) is 0 Å². The van der Waals surface area contributed by atoms with Gasteiger partial charge in [0.1, 0.15) is 0 Å². The van der Waals surface area contributed by atoms with Crippen molar-refractivity contribution < 1.29 is 9.52 Å². The predicted octanol–water partition coefficient (Wildman–Crippen LogP) is 3.06. The first-order chi connectivity index (χ1) is 9.27. The van der Waals surface area contributed by atoms with Gasteiger partial charge >= 0.3 is 0 Å². The van der Waals surface area contributed by atoms with Crippen molar-refractivity contribution in [3.05, 3.63) is 33.7 Å². The highest BCUT2D eigenvalue weighted by atomic mass is 32.2. The van der Waals surface area contributed by atoms with Crippen molar-refractivity contribution >= 4 is 11.8 Å². The van der Waals surface area contributed by atoms with Gasteiger partial charge in [-0.15, -0.1) is 0 Å². The first-order valence-corrected chi connectivity index (χ1v) is 8.25. The standard InChI is InChI=1S/C14H22N2O2S/c17-15-9-3-1-5-13(15)7-11-19-12-8-14-6-2-4-10-16(14)18/h1,3,5,14H,2,4,6-12H2/q+2. The molecule has 2 heterocycles. The topological polar surface area (TPSA) is 40.2 Å². The molecule has 1 fully saturated rings. The number of nitrogens with zero attached hydrogens (tertiary/aromatic N) is 2. The predicted molar refractivity (Wildman–Crippen MR) is 78.4 cm³/mol. The third kappa shape index (κ3) is 4.56. The maximum Gasteiger partial charge on any atom is 0.234 e. The molecule has 0 aromatic rings. The van der Waals surface area contributed by atoms with Gasteiger partial charge in [-0.05, 0) is 18.2 Å². The molecule has 5 heteroatoms. The normalized spacial score (nSPS) is 23.6. The number of thioether (sulfide) groups is 1. The Morgan fingerprint density at radius 3 is 2.95 bits per heavy atom. The van der Waals surface area contributed by atoms with Crippen LogP contribution in [0.25, 0.3) is 0 Å². The second-order valence-electron chi connectivity index (χ2n) is 5.09. The van der Waals surface area contributed by atoms with Gasteiger partial charge in [0.15, 0.2) is 6.54 Å². The summed E-state index contributed by atoms with van der Waals surface area (Å²) in [4.78, 5) is 23.1. The summed E-state index contributed by atoms with van der Waals surface area (Å²) < 4.78 is 2.32. The fraction of sp³-hybridized carbons (Fsp3) is 0.714. The minimum atomic E-state index is 0.231. The van der Waals surface area contributed by atoms with E-state index in [1.165, 1.54) is 11.2 Å². The van der Waals surface area contributed by atoms with E-state index in [0.29, 0.717) is 13.1 Å². The van der Waals surface area contributed by atoms with E-state index >= 15 is 0 Å². The molecular weight excluding hydrogens is 260 g/mol. The van der Waals surface area contributed by atoms with Crippen molar-refractivity contribution in [1.82, 2.24) is 0 Å². The molecule has 0 radical (unpaired) electrons. The first-order valence-electron chi connectivity index (χ1n) is 7.09. The Kier molecular flexibility index (Phi) is 5.76. The molecule has 2 aliphatic heterocycles. The zero-order valence-electron chi connectivity index (χ0n) is 11.3. The minimum absolute atomic E-state index is 0.231. The van der Waals surface area contributed by atoms with Gasteiger partial charge in [-0.25, -0.2) is 0 Å². The van der Waals surface area contributed by atoms with Crippen molar-refractivity contribution in [3.63, 3.8) is 0 Å². The van der Waals surface area contributed by atoms with E-state index in [2.05, 4.69) is 0 Å². The molecule has 4 nitrogen and oxygen atoms in total. The van der Waals surface area contributed by atoms with Crippen LogP contribution in [0.1, 0.15) is 32.1 Å². The van der Waals surface area contributed by atoms with Gasteiger partial charge in [0.25, 0.3) is 0 Å². The molecule has 2 rings (SSSR count). The number of hydrogen-bond donors (Lipinski definition) is 0. The van der Waals surface area contributed by atoms with Gasteiger partial charge in [-0.3, -0.25) is 0 Å². The third-order valence-electron chi connectivity index (χ3n) is 3.69. The lowest BCUT2D eigenvalue weighted by atomic mass is 10.0. The summed E-state index contributed by atoms with van der Waals surface area (Å²) in [5, 5.41) is 0. The fourth-order valence-electron chi connectivity index (χ4n) is 2.50. The highest BCUT2D eigenvalue weighted by Crippen LogP contribution is 2.19. The molecule has 0 saturated carbocycles. The lowest BCUT2D eigenvalue weighted by Gasteiger charge is -2.13. The number of piperidine rings is 1. The van der Waals surface area contributed by atoms with Crippen LogP contribution in [-0.4, -0.2) is 40.2 Å². The SMILES string of the molecule is O=[N+]1CC=CC=C1CCSCCC1CCCC[N+]1=O. The molecule has 104 valence electrons. The summed E-state index contributed by atoms with van der Waals surface area (Å²) >= 11 is 1.85. The van der Waals surface area contributed by atoms with Crippen LogP contribution < -0.4 is 0 Å². The van der Waals surface area contributed by atoms with E-state index in [-0.39, 0.29) is 6.04 Å². The Balaban J connectivity index is 1.59. The lowest BCUT2D eigenvalue weighted by Crippen LogP contribution is -2.29. The Morgan fingerprint density at radius 2 is 2.16 bits per heavy atom. The van der Waals surface area contributed by atoms with Gasteiger partial charge in [-0.1, -0.05) is 6.08 Å². The Bertz CT molecular complexity index is 404. The Hall–Kier alpha value is -0.970. The van der Waals surface area contributed by atoms with Crippen molar-refractivity contribution in [3.8, 4) is 0 Å². The summed E-state index contributed by atoms with van der Waals surface area (Å²) in [5.41, 5.74) is 0.873. The van der Waals surface area contributed by atoms with Gasteiger partial charge in [0.05, 0.1) is 0 Å². The van der Waals surface area contributed by atoms with Gasteiger partial charge in [-0.2, -0.15) is 11.8 Å². The van der Waals surface area contributed by atoms with E-state index in [9.17, 15) is 9.81 Å². The highest BCUT2D eigenvalue weighted by molar-refractivity contribution is 7.99. The maximum absolute atomic E-state index is 11.6. The molecule has 0 aromatic carbocycles. The molecule has 1 atom stereocenters. The van der Waals surface area contributed by atoms with E-state index < -0.39 is 0 Å². The maximum atomic E-state index is 11.6. The molecule has 0 aliphatic carbocycles. The van der Waals surface area contributed by atoms with Gasteiger partial charge in [0, 0.05) is 56.8 Å². The molecular formula is C14H22N2O2S+2. The number of hydrogen-bond acceptors (Lipinski definition) is 3. The molecule has 0 amide bonds. The fourth-order valence-corrected chi connectivity index (χ4v) is 3.50. The van der Waals surface area contributed by atoms with Crippen LogP contribution in [-0.2, 0) is 0 Å². The lowest BCUT2D eigenvalue weighted by molar-refractivity contribution is -0.595. The van der Waals surface area contributed by atoms with Crippen LogP contribution in [0.2, 0.25) is 0 Å². The quantitative estimate of drug-likeness (QED) is 0.555. The summed E-state index contributed by atoms with van der Waals surface area (Å²) in [6.45, 7) is 1.18. The van der Waals surface area contributed by atoms with Gasteiger partial charge < -0.3 is 0 Å². The molecule has 0 N–H and O–H groups in total. The zero-order chi connectivity index (χ0) is 13.5. The van der Waals surface area contributed by atoms with Crippen LogP contribution in [0.15, 0.2) is 23.9 Å². The average Bonchev–Trinajstić information content (AvgIpc) is 2.42. The number of allylic oxidation sites excluding steroid dienone is 3. The molecule has 2 aliphatic rings. The van der Waals surface area contributed by atoms with Gasteiger partial charge in [0.2, 0.25) is 18.3 Å². The van der Waals surface area contributed by atoms with Crippen LogP contribution in [0.4, 0.5) is 0 Å². The molecule has 1 saturated heterocycles. The minimum Gasteiger partial charge on any atom is -0.161 e. The smallest absolute Gasteiger partial charge is 0.161 e. The van der Waals surface area contributed by atoms with Crippen molar-refractivity contribution in [2.75, 3.05) is 24.6 Å².